The molecule has 122 valence electrons. The Bertz CT molecular complexity index is 887. The van der Waals surface area contributed by atoms with Crippen molar-refractivity contribution >= 4 is 17.2 Å². The molecule has 1 unspecified atom stereocenters. The van der Waals surface area contributed by atoms with E-state index in [1.165, 1.54) is 0 Å². The fourth-order valence-electron chi connectivity index (χ4n) is 3.31. The number of aromatic amines is 1. The van der Waals surface area contributed by atoms with Gasteiger partial charge in [-0.15, -0.1) is 0 Å². The van der Waals surface area contributed by atoms with Gasteiger partial charge >= 0.3 is 0 Å². The number of fused-ring (bicyclic) bond motifs is 1. The third-order valence-corrected chi connectivity index (χ3v) is 4.51. The van der Waals surface area contributed by atoms with Gasteiger partial charge in [-0.1, -0.05) is 12.1 Å². The highest BCUT2D eigenvalue weighted by molar-refractivity contribution is 5.85. The lowest BCUT2D eigenvalue weighted by molar-refractivity contribution is 0.111. The van der Waals surface area contributed by atoms with Crippen molar-refractivity contribution in [2.24, 2.45) is 0 Å². The number of nitrogens with one attached hydrogen (secondary N) is 1. The summed E-state index contributed by atoms with van der Waals surface area (Å²) in [5, 5.41) is 10.8. The highest BCUT2D eigenvalue weighted by Crippen LogP contribution is 2.25. The lowest BCUT2D eigenvalue weighted by Crippen LogP contribution is -2.21. The maximum Gasteiger partial charge on any atom is 0.168 e. The van der Waals surface area contributed by atoms with Gasteiger partial charge < -0.3 is 10.1 Å². The van der Waals surface area contributed by atoms with E-state index >= 15 is 0 Å². The summed E-state index contributed by atoms with van der Waals surface area (Å²) in [6.07, 6.45) is 1.42. The molecular formula is C19H19N3O2. The van der Waals surface area contributed by atoms with Crippen molar-refractivity contribution < 1.29 is 9.90 Å². The van der Waals surface area contributed by atoms with Crippen LogP contribution in [-0.2, 0) is 6.54 Å². The van der Waals surface area contributed by atoms with E-state index in [4.69, 9.17) is 0 Å². The molecule has 24 heavy (non-hydrogen) atoms. The molecule has 0 radical (unpaired) electrons. The molecular weight excluding hydrogens is 302 g/mol. The number of hydrogen-bond acceptors (Lipinski definition) is 4. The SMILES string of the molecule is O=Cc1cccc(-c2ccc3[nH]c(CN4CCC(O)C4)cc3c2)n1. The van der Waals surface area contributed by atoms with Gasteiger partial charge in [0, 0.05) is 41.8 Å². The number of hydrogen-bond donors (Lipinski definition) is 2. The molecule has 0 bridgehead atoms. The number of aldehydes is 1. The number of carbonyl (C=O) groups is 1. The number of pyridine rings is 1. The average molecular weight is 321 g/mol. The molecule has 4 rings (SSSR count). The third-order valence-electron chi connectivity index (χ3n) is 4.51. The number of aromatic nitrogens is 2. The Morgan fingerprint density at radius 1 is 1.29 bits per heavy atom. The summed E-state index contributed by atoms with van der Waals surface area (Å²) >= 11 is 0. The summed E-state index contributed by atoms with van der Waals surface area (Å²) in [5.41, 5.74) is 4.46. The number of nitrogens with zero attached hydrogens (tertiary/aromatic N) is 2. The zero-order chi connectivity index (χ0) is 16.5. The molecule has 0 saturated carbocycles. The molecule has 0 amide bonds. The molecule has 3 aromatic rings. The highest BCUT2D eigenvalue weighted by Gasteiger charge is 2.20. The molecule has 2 N–H and O–H groups in total. The first-order valence-electron chi connectivity index (χ1n) is 8.16. The smallest absolute Gasteiger partial charge is 0.168 e. The standard InChI is InChI=1S/C19H19N3O2/c23-12-15-2-1-3-18(20-15)13-4-5-19-14(8-13)9-16(21-19)10-22-7-6-17(24)11-22/h1-5,8-9,12,17,21,24H,6-7,10-11H2. The molecule has 1 aromatic carbocycles. The third kappa shape index (κ3) is 2.96. The second-order valence-corrected chi connectivity index (χ2v) is 6.34. The maximum absolute atomic E-state index is 10.9. The Balaban J connectivity index is 1.62. The van der Waals surface area contributed by atoms with Crippen molar-refractivity contribution in [1.82, 2.24) is 14.9 Å². The summed E-state index contributed by atoms with van der Waals surface area (Å²) in [4.78, 5) is 20.9. The van der Waals surface area contributed by atoms with Crippen LogP contribution in [0.1, 0.15) is 22.6 Å². The van der Waals surface area contributed by atoms with Crippen LogP contribution in [0, 0.1) is 0 Å². The molecule has 1 aliphatic rings. The second-order valence-electron chi connectivity index (χ2n) is 6.34. The van der Waals surface area contributed by atoms with E-state index in [0.717, 1.165) is 60.2 Å². The predicted octanol–water partition coefficient (Wildman–Crippen LogP) is 2.61. The Kier molecular flexibility index (Phi) is 3.88. The van der Waals surface area contributed by atoms with Gasteiger partial charge in [0.2, 0.25) is 0 Å². The predicted molar refractivity (Wildman–Crippen MR) is 92.8 cm³/mol. The molecule has 3 heterocycles. The van der Waals surface area contributed by atoms with E-state index < -0.39 is 0 Å². The van der Waals surface area contributed by atoms with Crippen molar-refractivity contribution in [2.75, 3.05) is 13.1 Å². The maximum atomic E-state index is 10.9. The first-order chi connectivity index (χ1) is 11.7. The summed E-state index contributed by atoms with van der Waals surface area (Å²) < 4.78 is 0. The van der Waals surface area contributed by atoms with E-state index in [1.807, 2.05) is 24.3 Å². The summed E-state index contributed by atoms with van der Waals surface area (Å²) in [7, 11) is 0. The van der Waals surface area contributed by atoms with Crippen molar-refractivity contribution in [1.29, 1.82) is 0 Å². The fourth-order valence-corrected chi connectivity index (χ4v) is 3.31. The molecule has 1 fully saturated rings. The molecule has 2 aromatic heterocycles. The van der Waals surface area contributed by atoms with Crippen molar-refractivity contribution in [3.05, 3.63) is 53.9 Å². The fraction of sp³-hybridized carbons (Fsp3) is 0.263. The number of aliphatic hydroxyl groups is 1. The number of carbonyl (C=O) groups excluding carboxylic acids is 1. The minimum absolute atomic E-state index is 0.197. The minimum Gasteiger partial charge on any atom is -0.392 e. The van der Waals surface area contributed by atoms with Gasteiger partial charge in [-0.3, -0.25) is 9.69 Å². The summed E-state index contributed by atoms with van der Waals surface area (Å²) in [6, 6.07) is 13.7. The average Bonchev–Trinajstić information content (AvgIpc) is 3.19. The first-order valence-corrected chi connectivity index (χ1v) is 8.16. The van der Waals surface area contributed by atoms with Crippen LogP contribution in [0.15, 0.2) is 42.5 Å². The first kappa shape index (κ1) is 15.1. The van der Waals surface area contributed by atoms with Gasteiger partial charge in [0.05, 0.1) is 11.8 Å². The van der Waals surface area contributed by atoms with Crippen molar-refractivity contribution in [2.45, 2.75) is 19.1 Å². The van der Waals surface area contributed by atoms with E-state index in [1.54, 1.807) is 6.07 Å². The quantitative estimate of drug-likeness (QED) is 0.725. The van der Waals surface area contributed by atoms with E-state index in [9.17, 15) is 9.90 Å². The zero-order valence-electron chi connectivity index (χ0n) is 13.3. The Morgan fingerprint density at radius 3 is 3.00 bits per heavy atom. The van der Waals surface area contributed by atoms with Crippen LogP contribution in [0.4, 0.5) is 0 Å². The molecule has 5 heteroatoms. The zero-order valence-corrected chi connectivity index (χ0v) is 13.3. The molecule has 1 aliphatic heterocycles. The van der Waals surface area contributed by atoms with Gasteiger partial charge in [0.25, 0.3) is 0 Å². The largest absolute Gasteiger partial charge is 0.392 e. The highest BCUT2D eigenvalue weighted by atomic mass is 16.3. The second kappa shape index (κ2) is 6.19. The number of aliphatic hydroxyl groups excluding tert-OH is 1. The van der Waals surface area contributed by atoms with Crippen LogP contribution >= 0.6 is 0 Å². The molecule has 1 atom stereocenters. The summed E-state index contributed by atoms with van der Waals surface area (Å²) in [6.45, 7) is 2.49. The number of β-amino-alcohol motifs (C(OH)–C–C–N with tert-alkyl or cyclic N) is 1. The minimum atomic E-state index is -0.197. The topological polar surface area (TPSA) is 69.2 Å². The van der Waals surface area contributed by atoms with Crippen LogP contribution in [0.3, 0.4) is 0 Å². The molecule has 0 spiro atoms. The van der Waals surface area contributed by atoms with Crippen LogP contribution in [0.5, 0.6) is 0 Å². The number of H-pyrrole nitrogens is 1. The lowest BCUT2D eigenvalue weighted by Gasteiger charge is -2.12. The van der Waals surface area contributed by atoms with Gasteiger partial charge in [-0.2, -0.15) is 0 Å². The van der Waals surface area contributed by atoms with Gasteiger partial charge in [-0.25, -0.2) is 4.98 Å². The van der Waals surface area contributed by atoms with Gasteiger partial charge in [0.1, 0.15) is 5.69 Å². The molecule has 1 saturated heterocycles. The number of rotatable bonds is 4. The van der Waals surface area contributed by atoms with Crippen molar-refractivity contribution in [3.8, 4) is 11.3 Å². The number of likely N-dealkylation sites (tertiary alicyclic amines) is 1. The normalized spacial score (nSPS) is 18.3. The van der Waals surface area contributed by atoms with E-state index in [-0.39, 0.29) is 6.10 Å². The monoisotopic (exact) mass is 321 g/mol. The Morgan fingerprint density at radius 2 is 2.21 bits per heavy atom. The van der Waals surface area contributed by atoms with E-state index in [2.05, 4.69) is 27.0 Å². The van der Waals surface area contributed by atoms with Gasteiger partial charge in [-0.05, 0) is 36.8 Å². The van der Waals surface area contributed by atoms with Gasteiger partial charge in [0.15, 0.2) is 6.29 Å². The van der Waals surface area contributed by atoms with Crippen LogP contribution < -0.4 is 0 Å². The van der Waals surface area contributed by atoms with Crippen LogP contribution in [-0.4, -0.2) is 45.5 Å². The van der Waals surface area contributed by atoms with Crippen molar-refractivity contribution in [3.63, 3.8) is 0 Å². The lowest BCUT2D eigenvalue weighted by atomic mass is 10.1. The molecule has 0 aliphatic carbocycles. The molecule has 5 nitrogen and oxygen atoms in total. The van der Waals surface area contributed by atoms with Crippen LogP contribution in [0.25, 0.3) is 22.2 Å². The Labute approximate surface area is 139 Å². The summed E-state index contributed by atoms with van der Waals surface area (Å²) in [5.74, 6) is 0. The Hall–Kier alpha value is -2.50. The number of benzene rings is 1. The van der Waals surface area contributed by atoms with E-state index in [0.29, 0.717) is 5.69 Å². The van der Waals surface area contributed by atoms with Crippen LogP contribution in [0.2, 0.25) is 0 Å².